The van der Waals surface area contributed by atoms with Crippen LogP contribution < -0.4 is 0 Å². The van der Waals surface area contributed by atoms with Crippen LogP contribution in [0.1, 0.15) is 25.8 Å². The highest BCUT2D eigenvalue weighted by Gasteiger charge is 2.24. The quantitative estimate of drug-likeness (QED) is 0.836. The monoisotopic (exact) mass is 296 g/mol. The van der Waals surface area contributed by atoms with Gasteiger partial charge in [-0.15, -0.1) is 0 Å². The smallest absolute Gasteiger partial charge is 0.178 e. The van der Waals surface area contributed by atoms with E-state index in [1.807, 2.05) is 18.2 Å². The molecule has 1 unspecified atom stereocenters. The summed E-state index contributed by atoms with van der Waals surface area (Å²) in [5.74, 6) is 0.593. The number of aromatic amines is 1. The minimum Gasteiger partial charge on any atom is -0.381 e. The molecule has 0 amide bonds. The van der Waals surface area contributed by atoms with Gasteiger partial charge in [0.15, 0.2) is 4.77 Å². The van der Waals surface area contributed by atoms with E-state index in [0.717, 1.165) is 46.9 Å². The predicted octanol–water partition coefficient (Wildman–Crippen LogP) is 4.34. The first-order chi connectivity index (χ1) is 9.18. The first kappa shape index (κ1) is 13.2. The molecule has 0 radical (unpaired) electrons. The molecule has 1 fully saturated rings. The fourth-order valence-corrected chi connectivity index (χ4v) is 3.57. The Labute approximate surface area is 122 Å². The molecule has 1 aliphatic heterocycles. The van der Waals surface area contributed by atoms with E-state index in [9.17, 15) is 0 Å². The number of nitrogens with zero attached hydrogens (tertiary/aromatic N) is 1. The predicted molar refractivity (Wildman–Crippen MR) is 80.4 cm³/mol. The summed E-state index contributed by atoms with van der Waals surface area (Å²) in [6.45, 7) is 3.92. The van der Waals surface area contributed by atoms with Crippen LogP contribution in [0.2, 0.25) is 5.02 Å². The van der Waals surface area contributed by atoms with Gasteiger partial charge in [0.1, 0.15) is 0 Å². The van der Waals surface area contributed by atoms with Gasteiger partial charge in [-0.25, -0.2) is 0 Å². The van der Waals surface area contributed by atoms with E-state index in [0.29, 0.717) is 12.0 Å². The van der Waals surface area contributed by atoms with Crippen LogP contribution in [0.3, 0.4) is 0 Å². The van der Waals surface area contributed by atoms with Gasteiger partial charge in [-0.05, 0) is 50.0 Å². The van der Waals surface area contributed by atoms with Crippen LogP contribution in [-0.4, -0.2) is 22.8 Å². The number of ether oxygens (including phenoxy) is 1. The fourth-order valence-electron chi connectivity index (χ4n) is 2.94. The molecule has 2 heterocycles. The number of H-pyrrole nitrogens is 1. The number of hydrogen-bond acceptors (Lipinski definition) is 2. The lowest BCUT2D eigenvalue weighted by Crippen LogP contribution is -2.24. The standard InChI is InChI=1S/C14H17ClN2OS/c1-9(10-5-7-18-8-6-10)17-13-11(15)3-2-4-12(13)16-14(17)19/h2-4,9-10H,5-8H2,1H3,(H,16,19). The Morgan fingerprint density at radius 2 is 2.16 bits per heavy atom. The maximum absolute atomic E-state index is 6.35. The number of imidazole rings is 1. The summed E-state index contributed by atoms with van der Waals surface area (Å²) in [5.41, 5.74) is 2.03. The molecule has 3 nitrogen and oxygen atoms in total. The molecule has 2 aromatic rings. The van der Waals surface area contributed by atoms with E-state index < -0.39 is 0 Å². The average molecular weight is 297 g/mol. The number of benzene rings is 1. The number of para-hydroxylation sites is 1. The molecule has 0 bridgehead atoms. The van der Waals surface area contributed by atoms with Gasteiger partial charge >= 0.3 is 0 Å². The average Bonchev–Trinajstić information content (AvgIpc) is 2.76. The Balaban J connectivity index is 2.08. The highest BCUT2D eigenvalue weighted by molar-refractivity contribution is 7.71. The summed E-state index contributed by atoms with van der Waals surface area (Å²) in [5, 5.41) is 0.753. The van der Waals surface area contributed by atoms with Gasteiger partial charge in [-0.1, -0.05) is 17.7 Å². The van der Waals surface area contributed by atoms with Crippen molar-refractivity contribution in [1.29, 1.82) is 0 Å². The van der Waals surface area contributed by atoms with Crippen LogP contribution >= 0.6 is 23.8 Å². The fraction of sp³-hybridized carbons (Fsp3) is 0.500. The largest absolute Gasteiger partial charge is 0.381 e. The maximum atomic E-state index is 6.35. The second-order valence-corrected chi connectivity index (χ2v) is 5.92. The summed E-state index contributed by atoms with van der Waals surface area (Å²) in [4.78, 5) is 3.25. The van der Waals surface area contributed by atoms with E-state index in [-0.39, 0.29) is 0 Å². The van der Waals surface area contributed by atoms with E-state index in [1.165, 1.54) is 0 Å². The molecule has 0 aliphatic carbocycles. The third-order valence-corrected chi connectivity index (χ3v) is 4.65. The lowest BCUT2D eigenvalue weighted by atomic mass is 9.92. The van der Waals surface area contributed by atoms with Crippen LogP contribution in [0, 0.1) is 10.7 Å². The molecule has 1 atom stereocenters. The molecular weight excluding hydrogens is 280 g/mol. The van der Waals surface area contributed by atoms with Gasteiger partial charge in [0.25, 0.3) is 0 Å². The van der Waals surface area contributed by atoms with Gasteiger partial charge in [0.2, 0.25) is 0 Å². The molecular formula is C14H17ClN2OS. The van der Waals surface area contributed by atoms with E-state index >= 15 is 0 Å². The highest BCUT2D eigenvalue weighted by atomic mass is 35.5. The van der Waals surface area contributed by atoms with E-state index in [4.69, 9.17) is 28.6 Å². The SMILES string of the molecule is CC(C1CCOCC1)n1c(=S)[nH]c2cccc(Cl)c21. The van der Waals surface area contributed by atoms with Crippen LogP contribution in [0.15, 0.2) is 18.2 Å². The summed E-state index contributed by atoms with van der Waals surface area (Å²) < 4.78 is 8.36. The summed E-state index contributed by atoms with van der Waals surface area (Å²) >= 11 is 11.8. The van der Waals surface area contributed by atoms with Crippen molar-refractivity contribution in [3.63, 3.8) is 0 Å². The third-order valence-electron chi connectivity index (χ3n) is 4.04. The van der Waals surface area contributed by atoms with Crippen molar-refractivity contribution in [2.75, 3.05) is 13.2 Å². The second-order valence-electron chi connectivity index (χ2n) is 5.13. The van der Waals surface area contributed by atoms with Crippen molar-refractivity contribution in [1.82, 2.24) is 9.55 Å². The van der Waals surface area contributed by atoms with Crippen LogP contribution in [0.4, 0.5) is 0 Å². The summed E-state index contributed by atoms with van der Waals surface area (Å²) in [6.07, 6.45) is 2.17. The molecule has 1 saturated heterocycles. The van der Waals surface area contributed by atoms with Crippen molar-refractivity contribution in [3.8, 4) is 0 Å². The Morgan fingerprint density at radius 3 is 2.89 bits per heavy atom. The van der Waals surface area contributed by atoms with Gasteiger partial charge < -0.3 is 14.3 Å². The van der Waals surface area contributed by atoms with Crippen molar-refractivity contribution < 1.29 is 4.74 Å². The summed E-state index contributed by atoms with van der Waals surface area (Å²) in [6, 6.07) is 6.22. The van der Waals surface area contributed by atoms with Gasteiger partial charge in [0.05, 0.1) is 16.1 Å². The molecule has 3 rings (SSSR count). The number of hydrogen-bond donors (Lipinski definition) is 1. The van der Waals surface area contributed by atoms with Gasteiger partial charge in [-0.2, -0.15) is 0 Å². The molecule has 1 aromatic carbocycles. The van der Waals surface area contributed by atoms with E-state index in [2.05, 4.69) is 16.5 Å². The lowest BCUT2D eigenvalue weighted by Gasteiger charge is -2.29. The Morgan fingerprint density at radius 1 is 1.42 bits per heavy atom. The van der Waals surface area contributed by atoms with Crippen LogP contribution in [0.5, 0.6) is 0 Å². The van der Waals surface area contributed by atoms with Crippen molar-refractivity contribution in [3.05, 3.63) is 28.0 Å². The highest BCUT2D eigenvalue weighted by Crippen LogP contribution is 2.33. The minimum absolute atomic E-state index is 0.338. The maximum Gasteiger partial charge on any atom is 0.178 e. The zero-order valence-corrected chi connectivity index (χ0v) is 12.4. The topological polar surface area (TPSA) is 29.9 Å². The number of nitrogens with one attached hydrogen (secondary N) is 1. The number of fused-ring (bicyclic) bond motifs is 1. The summed E-state index contributed by atoms with van der Waals surface area (Å²) in [7, 11) is 0. The Bertz CT molecular complexity index is 642. The second kappa shape index (κ2) is 5.27. The lowest BCUT2D eigenvalue weighted by molar-refractivity contribution is 0.0517. The number of rotatable bonds is 2. The van der Waals surface area contributed by atoms with Crippen molar-refractivity contribution >= 4 is 34.9 Å². The number of aromatic nitrogens is 2. The third kappa shape index (κ3) is 2.33. The normalized spacial score (nSPS) is 18.8. The first-order valence-corrected chi connectivity index (χ1v) is 7.43. The molecule has 102 valence electrons. The zero-order chi connectivity index (χ0) is 13.4. The molecule has 1 aliphatic rings. The Hall–Kier alpha value is -0.840. The van der Waals surface area contributed by atoms with Gasteiger partial charge in [0, 0.05) is 19.3 Å². The Kier molecular flexibility index (Phi) is 3.65. The zero-order valence-electron chi connectivity index (χ0n) is 10.9. The van der Waals surface area contributed by atoms with E-state index in [1.54, 1.807) is 0 Å². The molecule has 19 heavy (non-hydrogen) atoms. The van der Waals surface area contributed by atoms with Crippen molar-refractivity contribution in [2.45, 2.75) is 25.8 Å². The van der Waals surface area contributed by atoms with Crippen LogP contribution in [-0.2, 0) is 4.74 Å². The molecule has 1 N–H and O–H groups in total. The van der Waals surface area contributed by atoms with Crippen molar-refractivity contribution in [2.24, 2.45) is 5.92 Å². The molecule has 0 spiro atoms. The molecule has 1 aromatic heterocycles. The molecule has 0 saturated carbocycles. The molecule has 5 heteroatoms. The number of halogens is 1. The van der Waals surface area contributed by atoms with Crippen LogP contribution in [0.25, 0.3) is 11.0 Å². The first-order valence-electron chi connectivity index (χ1n) is 6.65. The minimum atomic E-state index is 0.338. The van der Waals surface area contributed by atoms with Gasteiger partial charge in [-0.3, -0.25) is 0 Å².